The number of hydrogen-bond donors (Lipinski definition) is 2. The summed E-state index contributed by atoms with van der Waals surface area (Å²) < 4.78 is 30.0. The predicted octanol–water partition coefficient (Wildman–Crippen LogP) is 3.25. The van der Waals surface area contributed by atoms with E-state index in [9.17, 15) is 8.42 Å². The molecule has 0 aliphatic heterocycles. The van der Waals surface area contributed by atoms with Gasteiger partial charge in [0.25, 0.3) is 10.1 Å². The average Bonchev–Trinajstić information content (AvgIpc) is 2.38. The van der Waals surface area contributed by atoms with Crippen molar-refractivity contribution in [1.82, 2.24) is 5.32 Å². The Labute approximate surface area is 132 Å². The molecule has 0 aliphatic carbocycles. The van der Waals surface area contributed by atoms with Crippen LogP contribution in [0.4, 0.5) is 0 Å². The lowest BCUT2D eigenvalue weighted by molar-refractivity contribution is 0.456. The van der Waals surface area contributed by atoms with Gasteiger partial charge >= 0.3 is 0 Å². The fourth-order valence-corrected chi connectivity index (χ4v) is 2.47. The summed E-state index contributed by atoms with van der Waals surface area (Å²) in [5, 5.41) is 3.99. The van der Waals surface area contributed by atoms with Crippen LogP contribution < -0.4 is 5.32 Å². The molecule has 6 heteroatoms. The van der Waals surface area contributed by atoms with Crippen LogP contribution in [0.3, 0.4) is 0 Å². The van der Waals surface area contributed by atoms with Gasteiger partial charge in [0, 0.05) is 11.1 Å². The largest absolute Gasteiger partial charge is 0.310 e. The Morgan fingerprint density at radius 1 is 1.29 bits per heavy atom. The van der Waals surface area contributed by atoms with E-state index in [1.54, 1.807) is 0 Å². The molecule has 2 N–H and O–H groups in total. The second-order valence-electron chi connectivity index (χ2n) is 5.27. The van der Waals surface area contributed by atoms with Crippen molar-refractivity contribution in [2.45, 2.75) is 26.3 Å². The molecule has 1 aromatic carbocycles. The number of nitrogens with one attached hydrogen (secondary N) is 1. The van der Waals surface area contributed by atoms with Crippen molar-refractivity contribution >= 4 is 27.8 Å². The zero-order valence-corrected chi connectivity index (χ0v) is 13.9. The van der Waals surface area contributed by atoms with Crippen LogP contribution in [0.15, 0.2) is 30.3 Å². The fraction of sp³-hybridized carbons (Fsp3) is 0.467. The highest BCUT2D eigenvalue weighted by Crippen LogP contribution is 2.12. The summed E-state index contributed by atoms with van der Waals surface area (Å²) in [6, 6.07) is 7.70. The highest BCUT2D eigenvalue weighted by molar-refractivity contribution is 7.85. The lowest BCUT2D eigenvalue weighted by atomic mass is 10.0. The van der Waals surface area contributed by atoms with Crippen LogP contribution in [-0.2, 0) is 10.1 Å². The molecule has 0 aliphatic rings. The molecule has 0 spiro atoms. The van der Waals surface area contributed by atoms with Gasteiger partial charge in [-0.1, -0.05) is 49.7 Å². The van der Waals surface area contributed by atoms with E-state index in [4.69, 9.17) is 16.2 Å². The van der Waals surface area contributed by atoms with E-state index in [-0.39, 0.29) is 11.8 Å². The molecule has 1 aromatic rings. The Morgan fingerprint density at radius 2 is 1.90 bits per heavy atom. The second kappa shape index (κ2) is 8.54. The smallest absolute Gasteiger partial charge is 0.264 e. The Balaban J connectivity index is 2.51. The number of hydrogen-bond acceptors (Lipinski definition) is 3. The highest BCUT2D eigenvalue weighted by atomic mass is 35.5. The van der Waals surface area contributed by atoms with Gasteiger partial charge in [0.15, 0.2) is 0 Å². The molecule has 1 atom stereocenters. The van der Waals surface area contributed by atoms with Crippen molar-refractivity contribution in [1.29, 1.82) is 0 Å². The lowest BCUT2D eigenvalue weighted by Gasteiger charge is -2.18. The van der Waals surface area contributed by atoms with E-state index in [0.717, 1.165) is 5.56 Å². The Hall–Kier alpha value is -0.880. The molecule has 1 unspecified atom stereocenters. The Kier molecular flexibility index (Phi) is 7.39. The molecule has 0 bridgehead atoms. The van der Waals surface area contributed by atoms with Crippen molar-refractivity contribution in [2.75, 3.05) is 12.3 Å². The van der Waals surface area contributed by atoms with Crippen molar-refractivity contribution in [2.24, 2.45) is 5.92 Å². The van der Waals surface area contributed by atoms with Crippen LogP contribution in [-0.4, -0.2) is 31.3 Å². The van der Waals surface area contributed by atoms with Crippen LogP contribution in [0, 0.1) is 5.92 Å². The minimum atomic E-state index is -3.87. The summed E-state index contributed by atoms with van der Waals surface area (Å²) >= 11 is 5.84. The summed E-state index contributed by atoms with van der Waals surface area (Å²) in [5.41, 5.74) is 1.06. The maximum atomic E-state index is 10.7. The molecular formula is C15H22ClNO3S. The molecule has 0 fully saturated rings. The first-order valence-electron chi connectivity index (χ1n) is 6.90. The number of benzene rings is 1. The van der Waals surface area contributed by atoms with Gasteiger partial charge in [-0.2, -0.15) is 8.42 Å². The minimum Gasteiger partial charge on any atom is -0.310 e. The van der Waals surface area contributed by atoms with Crippen molar-refractivity contribution in [3.05, 3.63) is 40.9 Å². The quantitative estimate of drug-likeness (QED) is 0.567. The molecule has 0 saturated carbocycles. The molecule has 0 aromatic heterocycles. The molecule has 0 radical (unpaired) electrons. The van der Waals surface area contributed by atoms with Gasteiger partial charge in [-0.3, -0.25) is 4.55 Å². The number of rotatable bonds is 8. The normalized spacial score (nSPS) is 14.0. The Bertz CT molecular complexity index is 553. The predicted molar refractivity (Wildman–Crippen MR) is 88.1 cm³/mol. The Morgan fingerprint density at radius 3 is 2.43 bits per heavy atom. The molecule has 4 nitrogen and oxygen atoms in total. The highest BCUT2D eigenvalue weighted by Gasteiger charge is 2.10. The lowest BCUT2D eigenvalue weighted by Crippen LogP contribution is -2.33. The molecule has 0 heterocycles. The van der Waals surface area contributed by atoms with Gasteiger partial charge < -0.3 is 5.32 Å². The first kappa shape index (κ1) is 18.2. The standard InChI is InChI=1S/C15H22ClNO3S/c1-12(2)15(17-10-3-11-21(18,19)20)9-6-13-4-7-14(16)8-5-13/h4-9,12,15,17H,3,10-11H2,1-2H3,(H,18,19,20). The first-order valence-corrected chi connectivity index (χ1v) is 8.89. The van der Waals surface area contributed by atoms with Gasteiger partial charge in [0.2, 0.25) is 0 Å². The van der Waals surface area contributed by atoms with Gasteiger partial charge in [0.05, 0.1) is 5.75 Å². The SMILES string of the molecule is CC(C)C(C=Cc1ccc(Cl)cc1)NCCCS(=O)(=O)O. The zero-order valence-electron chi connectivity index (χ0n) is 12.3. The van der Waals surface area contributed by atoms with E-state index >= 15 is 0 Å². The first-order chi connectivity index (χ1) is 9.78. The van der Waals surface area contributed by atoms with Crippen LogP contribution in [0.5, 0.6) is 0 Å². The van der Waals surface area contributed by atoms with E-state index in [2.05, 4.69) is 25.2 Å². The van der Waals surface area contributed by atoms with Gasteiger partial charge in [-0.25, -0.2) is 0 Å². The molecule has 118 valence electrons. The molecule has 1 rings (SSSR count). The second-order valence-corrected chi connectivity index (χ2v) is 7.28. The van der Waals surface area contributed by atoms with E-state index in [1.165, 1.54) is 0 Å². The van der Waals surface area contributed by atoms with Crippen molar-refractivity contribution < 1.29 is 13.0 Å². The summed E-state index contributed by atoms with van der Waals surface area (Å²) in [6.45, 7) is 4.72. The van der Waals surface area contributed by atoms with Crippen molar-refractivity contribution in [3.8, 4) is 0 Å². The van der Waals surface area contributed by atoms with Crippen LogP contribution >= 0.6 is 11.6 Å². The molecule has 21 heavy (non-hydrogen) atoms. The summed E-state index contributed by atoms with van der Waals surface area (Å²) in [5.74, 6) is 0.158. The maximum Gasteiger partial charge on any atom is 0.264 e. The van der Waals surface area contributed by atoms with Crippen molar-refractivity contribution in [3.63, 3.8) is 0 Å². The van der Waals surface area contributed by atoms with Crippen LogP contribution in [0.2, 0.25) is 5.02 Å². The zero-order chi connectivity index (χ0) is 15.9. The summed E-state index contributed by atoms with van der Waals surface area (Å²) in [7, 11) is -3.87. The molecule has 0 amide bonds. The van der Waals surface area contributed by atoms with E-state index in [0.29, 0.717) is 23.9 Å². The summed E-state index contributed by atoms with van der Waals surface area (Å²) in [4.78, 5) is 0. The molecule has 0 saturated heterocycles. The monoisotopic (exact) mass is 331 g/mol. The molecular weight excluding hydrogens is 310 g/mol. The topological polar surface area (TPSA) is 66.4 Å². The van der Waals surface area contributed by atoms with E-state index in [1.807, 2.05) is 30.3 Å². The minimum absolute atomic E-state index is 0.141. The third-order valence-corrected chi connectivity index (χ3v) is 4.10. The third kappa shape index (κ3) is 8.21. The summed E-state index contributed by atoms with van der Waals surface area (Å²) in [6.07, 6.45) is 4.45. The van der Waals surface area contributed by atoms with Gasteiger partial charge in [-0.15, -0.1) is 0 Å². The van der Waals surface area contributed by atoms with Crippen LogP contribution in [0.1, 0.15) is 25.8 Å². The van der Waals surface area contributed by atoms with Crippen LogP contribution in [0.25, 0.3) is 6.08 Å². The number of halogens is 1. The average molecular weight is 332 g/mol. The van der Waals surface area contributed by atoms with E-state index < -0.39 is 10.1 Å². The fourth-order valence-electron chi connectivity index (χ4n) is 1.84. The van der Waals surface area contributed by atoms with Gasteiger partial charge in [0.1, 0.15) is 0 Å². The van der Waals surface area contributed by atoms with Gasteiger partial charge in [-0.05, 0) is 36.6 Å². The maximum absolute atomic E-state index is 10.7. The third-order valence-electron chi connectivity index (χ3n) is 3.04.